The Balaban J connectivity index is 0.000000338. The Morgan fingerprint density at radius 3 is 1.29 bits per heavy atom. The molecule has 3 aromatic rings. The summed E-state index contributed by atoms with van der Waals surface area (Å²) in [5.41, 5.74) is 0. The van der Waals surface area contributed by atoms with Crippen molar-refractivity contribution in [1.29, 1.82) is 0 Å². The summed E-state index contributed by atoms with van der Waals surface area (Å²) in [6, 6.07) is 24.8. The maximum Gasteiger partial charge on any atom is 0.0186 e. The molecule has 0 aliphatic rings. The van der Waals surface area contributed by atoms with Gasteiger partial charge >= 0.3 is 0 Å². The molecule has 0 unspecified atom stereocenters. The first-order chi connectivity index (χ1) is 16.4. The minimum Gasteiger partial charge on any atom is -0.143 e. The summed E-state index contributed by atoms with van der Waals surface area (Å²) in [7, 11) is 0. The summed E-state index contributed by atoms with van der Waals surface area (Å²) < 4.78 is 3.39. The topological polar surface area (TPSA) is 0 Å². The van der Waals surface area contributed by atoms with E-state index in [0.29, 0.717) is 0 Å². The fourth-order valence-corrected chi connectivity index (χ4v) is 7.00. The molecule has 0 fully saturated rings. The van der Waals surface area contributed by atoms with Gasteiger partial charge in [-0.1, -0.05) is 97.8 Å². The van der Waals surface area contributed by atoms with E-state index in [-0.39, 0.29) is 0 Å². The monoisotopic (exact) mass is 832 g/mol. The van der Waals surface area contributed by atoms with Crippen molar-refractivity contribution in [3.8, 4) is 0 Å². The smallest absolute Gasteiger partial charge is 0.0186 e. The van der Waals surface area contributed by atoms with Crippen LogP contribution in [-0.2, 0) is 0 Å². The minimum atomic E-state index is 0.986. The molecule has 0 aromatic heterocycles. The molecule has 186 valence electrons. The normalized spacial score (nSPS) is 10.1. The molecule has 0 atom stereocenters. The van der Waals surface area contributed by atoms with Crippen LogP contribution in [-0.4, -0.2) is 22.2 Å². The van der Waals surface area contributed by atoms with Crippen molar-refractivity contribution in [2.45, 2.75) is 40.4 Å². The highest BCUT2D eigenvalue weighted by atomic mass is 79.9. The van der Waals surface area contributed by atoms with Crippen molar-refractivity contribution in [1.82, 2.24) is 0 Å². The zero-order valence-electron chi connectivity index (χ0n) is 18.7. The standard InChI is InChI=1S/C16H16Br2S2.C6H5BrS.C4H8Br2/c17-13-5-3-7-15(11-13)19-9-1-2-10-20-16-8-4-6-14(18)12-16;7-5-2-1-3-6(8)4-5;5-3-1-2-4-6/h3-8,11-12H,1-2,9-10H2;1-4,8H;1-4H2. The Kier molecular flexibility index (Phi) is 21.6. The van der Waals surface area contributed by atoms with Crippen molar-refractivity contribution in [3.05, 3.63) is 86.2 Å². The van der Waals surface area contributed by atoms with E-state index in [0.717, 1.165) is 29.0 Å². The lowest BCUT2D eigenvalue weighted by atomic mass is 10.4. The lowest BCUT2D eigenvalue weighted by Crippen LogP contribution is -1.84. The molecule has 0 spiro atoms. The van der Waals surface area contributed by atoms with Crippen LogP contribution < -0.4 is 0 Å². The predicted octanol–water partition coefficient (Wildman–Crippen LogP) is 12.2. The van der Waals surface area contributed by atoms with Crippen LogP contribution in [0.1, 0.15) is 25.7 Å². The van der Waals surface area contributed by atoms with Gasteiger partial charge in [0.15, 0.2) is 0 Å². The lowest BCUT2D eigenvalue weighted by Gasteiger charge is -2.03. The summed E-state index contributed by atoms with van der Waals surface area (Å²) in [6.45, 7) is 0. The van der Waals surface area contributed by atoms with Gasteiger partial charge in [0.05, 0.1) is 0 Å². The predicted molar refractivity (Wildman–Crippen MR) is 177 cm³/mol. The van der Waals surface area contributed by atoms with Gasteiger partial charge < -0.3 is 0 Å². The van der Waals surface area contributed by atoms with Gasteiger partial charge in [-0.2, -0.15) is 0 Å². The van der Waals surface area contributed by atoms with Crippen LogP contribution in [0.4, 0.5) is 0 Å². The van der Waals surface area contributed by atoms with Crippen molar-refractivity contribution in [2.24, 2.45) is 0 Å². The number of halogens is 5. The Morgan fingerprint density at radius 2 is 0.971 bits per heavy atom. The second kappa shape index (κ2) is 22.1. The molecule has 0 radical (unpaired) electrons. The van der Waals surface area contributed by atoms with Crippen molar-refractivity contribution in [3.63, 3.8) is 0 Å². The second-order valence-electron chi connectivity index (χ2n) is 6.88. The van der Waals surface area contributed by atoms with Gasteiger partial charge in [0.1, 0.15) is 0 Å². The summed E-state index contributed by atoms with van der Waals surface area (Å²) >= 11 is 25.0. The van der Waals surface area contributed by atoms with Crippen LogP contribution in [0.25, 0.3) is 0 Å². The second-order valence-corrected chi connectivity index (χ2v) is 14.1. The van der Waals surface area contributed by atoms with Gasteiger partial charge in [0.2, 0.25) is 0 Å². The maximum absolute atomic E-state index is 4.12. The number of hydrogen-bond acceptors (Lipinski definition) is 3. The number of thiol groups is 1. The molecule has 0 nitrogen and oxygen atoms in total. The van der Waals surface area contributed by atoms with Crippen LogP contribution >= 0.6 is 116 Å². The zero-order valence-corrected chi connectivity index (χ0v) is 29.2. The van der Waals surface area contributed by atoms with Gasteiger partial charge in [0.25, 0.3) is 0 Å². The Morgan fingerprint density at radius 1 is 0.559 bits per heavy atom. The summed E-state index contributed by atoms with van der Waals surface area (Å²) in [6.07, 6.45) is 5.09. The van der Waals surface area contributed by atoms with E-state index in [9.17, 15) is 0 Å². The molecular weight excluding hydrogens is 808 g/mol. The van der Waals surface area contributed by atoms with Crippen LogP contribution in [0.15, 0.2) is 101 Å². The molecule has 0 saturated carbocycles. The Bertz CT molecular complexity index is 853. The maximum atomic E-state index is 4.12. The molecule has 34 heavy (non-hydrogen) atoms. The minimum absolute atomic E-state index is 0.986. The fourth-order valence-electron chi connectivity index (χ4n) is 2.36. The van der Waals surface area contributed by atoms with Gasteiger partial charge in [0, 0.05) is 38.8 Å². The third-order valence-corrected chi connectivity index (χ3v) is 9.03. The van der Waals surface area contributed by atoms with Gasteiger partial charge in [-0.25, -0.2) is 0 Å². The SMILES string of the molecule is BrCCCCBr.Brc1cccc(SCCCCSc2cccc(Br)c2)c1.Sc1cccc(Br)c1. The van der Waals surface area contributed by atoms with Crippen molar-refractivity contribution >= 4 is 116 Å². The molecule has 0 aliphatic carbocycles. The number of rotatable bonds is 10. The number of hydrogen-bond donors (Lipinski definition) is 1. The molecule has 0 bridgehead atoms. The fraction of sp³-hybridized carbons (Fsp3) is 0.308. The molecular formula is C26H29Br5S3. The lowest BCUT2D eigenvalue weighted by molar-refractivity contribution is 0.907. The number of thioether (sulfide) groups is 2. The van der Waals surface area contributed by atoms with E-state index in [1.807, 2.05) is 47.8 Å². The van der Waals surface area contributed by atoms with Gasteiger partial charge in [-0.05, 0) is 91.8 Å². The van der Waals surface area contributed by atoms with Crippen molar-refractivity contribution in [2.75, 3.05) is 22.2 Å². The molecule has 0 N–H and O–H groups in total. The summed E-state index contributed by atoms with van der Waals surface area (Å²) in [5, 5.41) is 2.28. The quantitative estimate of drug-likeness (QED) is 0.0935. The van der Waals surface area contributed by atoms with Crippen LogP contribution in [0, 0.1) is 0 Å². The Labute approximate surface area is 261 Å². The molecule has 3 aromatic carbocycles. The average molecular weight is 837 g/mol. The third kappa shape index (κ3) is 18.4. The van der Waals surface area contributed by atoms with Crippen molar-refractivity contribution < 1.29 is 0 Å². The van der Waals surface area contributed by atoms with E-state index in [2.05, 4.69) is 141 Å². The van der Waals surface area contributed by atoms with Crippen LogP contribution in [0.2, 0.25) is 0 Å². The third-order valence-electron chi connectivity index (χ3n) is 3.99. The highest BCUT2D eigenvalue weighted by Gasteiger charge is 1.98. The first-order valence-electron chi connectivity index (χ1n) is 10.8. The number of unbranched alkanes of at least 4 members (excludes halogenated alkanes) is 2. The molecule has 8 heteroatoms. The number of benzene rings is 3. The highest BCUT2D eigenvalue weighted by molar-refractivity contribution is 9.11. The van der Waals surface area contributed by atoms with E-state index in [4.69, 9.17) is 0 Å². The van der Waals surface area contributed by atoms with E-state index >= 15 is 0 Å². The van der Waals surface area contributed by atoms with Gasteiger partial charge in [-0.15, -0.1) is 36.2 Å². The first kappa shape index (κ1) is 33.1. The van der Waals surface area contributed by atoms with Gasteiger partial charge in [-0.3, -0.25) is 0 Å². The van der Waals surface area contributed by atoms with E-state index in [1.165, 1.54) is 47.0 Å². The van der Waals surface area contributed by atoms with Crippen LogP contribution in [0.3, 0.4) is 0 Å². The Hall–Kier alpha value is 1.11. The number of alkyl halides is 2. The summed E-state index contributed by atoms with van der Waals surface area (Å²) in [4.78, 5) is 3.68. The zero-order chi connectivity index (χ0) is 25.0. The average Bonchev–Trinajstić information content (AvgIpc) is 2.81. The molecule has 0 amide bonds. The largest absolute Gasteiger partial charge is 0.143 e. The molecule has 0 heterocycles. The molecule has 0 aliphatic heterocycles. The highest BCUT2D eigenvalue weighted by Crippen LogP contribution is 2.25. The van der Waals surface area contributed by atoms with E-state index < -0.39 is 0 Å². The van der Waals surface area contributed by atoms with E-state index in [1.54, 1.807) is 0 Å². The molecule has 0 saturated heterocycles. The summed E-state index contributed by atoms with van der Waals surface area (Å²) in [5.74, 6) is 2.38. The first-order valence-corrected chi connectivity index (χ1v) is 17.8. The molecule has 3 rings (SSSR count). The van der Waals surface area contributed by atoms with Crippen LogP contribution in [0.5, 0.6) is 0 Å².